The largest absolute Gasteiger partial charge is 0.457 e. The molecule has 0 saturated heterocycles. The van der Waals surface area contributed by atoms with Gasteiger partial charge in [-0.1, -0.05) is 11.6 Å². The SMILES string of the molecule is O=S(=O)(Nc1ccc(F)c(Cl)c1)c1ccc(Oc2ccc(F)cc2)cc1. The molecule has 0 atom stereocenters. The molecule has 0 fully saturated rings. The molecule has 0 unspecified atom stereocenters. The number of benzene rings is 3. The smallest absolute Gasteiger partial charge is 0.261 e. The topological polar surface area (TPSA) is 55.4 Å². The standard InChI is InChI=1S/C18H12ClF2NO3S/c19-17-11-13(3-10-18(17)21)22-26(23,24)16-8-6-15(7-9-16)25-14-4-1-12(20)2-5-14/h1-11,22H. The van der Waals surface area contributed by atoms with Crippen LogP contribution in [0.5, 0.6) is 11.5 Å². The van der Waals surface area contributed by atoms with Gasteiger partial charge in [-0.3, -0.25) is 4.72 Å². The Morgan fingerprint density at radius 3 is 2.00 bits per heavy atom. The maximum absolute atomic E-state index is 13.2. The molecule has 0 saturated carbocycles. The maximum Gasteiger partial charge on any atom is 0.261 e. The first-order valence-electron chi connectivity index (χ1n) is 7.35. The molecule has 0 aliphatic heterocycles. The first kappa shape index (κ1) is 18.2. The number of rotatable bonds is 5. The highest BCUT2D eigenvalue weighted by Crippen LogP contribution is 2.25. The molecule has 0 aliphatic carbocycles. The fourth-order valence-corrected chi connectivity index (χ4v) is 3.33. The zero-order valence-electron chi connectivity index (χ0n) is 13.1. The number of sulfonamides is 1. The zero-order valence-corrected chi connectivity index (χ0v) is 14.7. The van der Waals surface area contributed by atoms with Crippen molar-refractivity contribution in [3.8, 4) is 11.5 Å². The van der Waals surface area contributed by atoms with Gasteiger partial charge in [0.05, 0.1) is 15.6 Å². The minimum absolute atomic E-state index is 0.00981. The Morgan fingerprint density at radius 1 is 0.846 bits per heavy atom. The van der Waals surface area contributed by atoms with Crippen molar-refractivity contribution in [2.24, 2.45) is 0 Å². The summed E-state index contributed by atoms with van der Waals surface area (Å²) >= 11 is 5.65. The summed E-state index contributed by atoms with van der Waals surface area (Å²) in [6.07, 6.45) is 0. The van der Waals surface area contributed by atoms with Crippen molar-refractivity contribution < 1.29 is 21.9 Å². The Hall–Kier alpha value is -2.64. The van der Waals surface area contributed by atoms with Gasteiger partial charge >= 0.3 is 0 Å². The molecule has 0 spiro atoms. The molecule has 0 aliphatic rings. The van der Waals surface area contributed by atoms with Crippen molar-refractivity contribution in [3.05, 3.63) is 83.4 Å². The highest BCUT2D eigenvalue weighted by atomic mass is 35.5. The number of ether oxygens (including phenoxy) is 1. The van der Waals surface area contributed by atoms with Crippen LogP contribution in [0, 0.1) is 11.6 Å². The van der Waals surface area contributed by atoms with E-state index < -0.39 is 15.8 Å². The van der Waals surface area contributed by atoms with Crippen LogP contribution in [0.3, 0.4) is 0 Å². The average molecular weight is 396 g/mol. The van der Waals surface area contributed by atoms with E-state index in [-0.39, 0.29) is 21.4 Å². The molecule has 1 N–H and O–H groups in total. The number of nitrogens with one attached hydrogen (secondary N) is 1. The number of halogens is 3. The van der Waals surface area contributed by atoms with E-state index in [9.17, 15) is 17.2 Å². The van der Waals surface area contributed by atoms with Crippen molar-refractivity contribution in [2.45, 2.75) is 4.90 Å². The fraction of sp³-hybridized carbons (Fsp3) is 0. The molecular weight excluding hydrogens is 384 g/mol. The molecule has 4 nitrogen and oxygen atoms in total. The van der Waals surface area contributed by atoms with Gasteiger partial charge < -0.3 is 4.74 Å². The van der Waals surface area contributed by atoms with Crippen LogP contribution in [-0.2, 0) is 10.0 Å². The molecule has 26 heavy (non-hydrogen) atoms. The van der Waals surface area contributed by atoms with Crippen molar-refractivity contribution in [1.82, 2.24) is 0 Å². The quantitative estimate of drug-likeness (QED) is 0.645. The van der Waals surface area contributed by atoms with Crippen LogP contribution in [0.4, 0.5) is 14.5 Å². The van der Waals surface area contributed by atoms with E-state index in [1.54, 1.807) is 0 Å². The van der Waals surface area contributed by atoms with Crippen molar-refractivity contribution >= 4 is 27.3 Å². The van der Waals surface area contributed by atoms with E-state index in [4.69, 9.17) is 16.3 Å². The summed E-state index contributed by atoms with van der Waals surface area (Å²) in [6.45, 7) is 0. The van der Waals surface area contributed by atoms with Gasteiger partial charge in [-0.15, -0.1) is 0 Å². The van der Waals surface area contributed by atoms with E-state index in [1.165, 1.54) is 60.7 Å². The lowest BCUT2D eigenvalue weighted by atomic mass is 10.3. The third-order valence-electron chi connectivity index (χ3n) is 3.36. The van der Waals surface area contributed by atoms with Crippen molar-refractivity contribution in [3.63, 3.8) is 0 Å². The van der Waals surface area contributed by atoms with E-state index in [0.717, 1.165) is 6.07 Å². The van der Waals surface area contributed by atoms with Gasteiger partial charge in [0, 0.05) is 0 Å². The van der Waals surface area contributed by atoms with Gasteiger partial charge in [0.15, 0.2) is 0 Å². The van der Waals surface area contributed by atoms with Gasteiger partial charge in [-0.25, -0.2) is 17.2 Å². The second-order valence-electron chi connectivity index (χ2n) is 5.26. The van der Waals surface area contributed by atoms with Crippen molar-refractivity contribution in [1.29, 1.82) is 0 Å². The molecule has 134 valence electrons. The third kappa shape index (κ3) is 4.30. The van der Waals surface area contributed by atoms with Gasteiger partial charge in [-0.05, 0) is 66.7 Å². The normalized spacial score (nSPS) is 11.2. The van der Waals surface area contributed by atoms with E-state index >= 15 is 0 Å². The minimum Gasteiger partial charge on any atom is -0.457 e. The molecule has 3 aromatic carbocycles. The Balaban J connectivity index is 1.75. The summed E-state index contributed by atoms with van der Waals surface area (Å²) in [5.74, 6) is -0.218. The highest BCUT2D eigenvalue weighted by Gasteiger charge is 2.15. The molecule has 0 radical (unpaired) electrons. The molecule has 0 heterocycles. The maximum atomic E-state index is 13.2. The summed E-state index contributed by atoms with van der Waals surface area (Å²) in [5.41, 5.74) is 0.142. The van der Waals surface area contributed by atoms with Gasteiger partial charge in [0.2, 0.25) is 0 Å². The number of hydrogen-bond acceptors (Lipinski definition) is 3. The van der Waals surface area contributed by atoms with Crippen LogP contribution >= 0.6 is 11.6 Å². The van der Waals surface area contributed by atoms with E-state index in [1.807, 2.05) is 0 Å². The monoisotopic (exact) mass is 395 g/mol. The molecule has 0 aromatic heterocycles. The first-order chi connectivity index (χ1) is 12.3. The summed E-state index contributed by atoms with van der Waals surface area (Å²) < 4.78 is 58.6. The summed E-state index contributed by atoms with van der Waals surface area (Å²) in [7, 11) is -3.87. The Labute approximate surface area is 154 Å². The van der Waals surface area contributed by atoms with E-state index in [2.05, 4.69) is 4.72 Å². The van der Waals surface area contributed by atoms with Gasteiger partial charge in [0.25, 0.3) is 10.0 Å². The second-order valence-corrected chi connectivity index (χ2v) is 7.35. The minimum atomic E-state index is -3.87. The van der Waals surface area contributed by atoms with Gasteiger partial charge in [-0.2, -0.15) is 0 Å². The van der Waals surface area contributed by atoms with Crippen LogP contribution in [0.15, 0.2) is 71.6 Å². The molecule has 3 rings (SSSR count). The summed E-state index contributed by atoms with van der Waals surface area (Å²) in [6, 6.07) is 14.6. The Morgan fingerprint density at radius 2 is 1.42 bits per heavy atom. The van der Waals surface area contributed by atoms with Crippen LogP contribution in [0.25, 0.3) is 0 Å². The predicted octanol–water partition coefficient (Wildman–Crippen LogP) is 5.21. The third-order valence-corrected chi connectivity index (χ3v) is 5.04. The Kier molecular flexibility index (Phi) is 5.11. The molecule has 0 bridgehead atoms. The fourth-order valence-electron chi connectivity index (χ4n) is 2.10. The highest BCUT2D eigenvalue weighted by molar-refractivity contribution is 7.92. The van der Waals surface area contributed by atoms with Crippen LogP contribution < -0.4 is 9.46 Å². The molecular formula is C18H12ClF2NO3S. The number of anilines is 1. The average Bonchev–Trinajstić information content (AvgIpc) is 2.60. The zero-order chi connectivity index (χ0) is 18.7. The molecule has 3 aromatic rings. The summed E-state index contributed by atoms with van der Waals surface area (Å²) in [5, 5.41) is -0.187. The first-order valence-corrected chi connectivity index (χ1v) is 9.21. The lowest BCUT2D eigenvalue weighted by Gasteiger charge is -2.10. The van der Waals surface area contributed by atoms with Crippen LogP contribution in [0.2, 0.25) is 5.02 Å². The molecule has 0 amide bonds. The molecule has 8 heteroatoms. The number of hydrogen-bond donors (Lipinski definition) is 1. The predicted molar refractivity (Wildman–Crippen MR) is 95.1 cm³/mol. The lowest BCUT2D eigenvalue weighted by Crippen LogP contribution is -2.12. The van der Waals surface area contributed by atoms with Crippen LogP contribution in [-0.4, -0.2) is 8.42 Å². The lowest BCUT2D eigenvalue weighted by molar-refractivity contribution is 0.480. The van der Waals surface area contributed by atoms with Crippen molar-refractivity contribution in [2.75, 3.05) is 4.72 Å². The van der Waals surface area contributed by atoms with Gasteiger partial charge in [0.1, 0.15) is 23.1 Å². The second kappa shape index (κ2) is 7.31. The van der Waals surface area contributed by atoms with E-state index in [0.29, 0.717) is 11.5 Å². The van der Waals surface area contributed by atoms with Crippen LogP contribution in [0.1, 0.15) is 0 Å². The Bertz CT molecular complexity index is 1020. The summed E-state index contributed by atoms with van der Waals surface area (Å²) in [4.78, 5) is -0.00981.